The van der Waals surface area contributed by atoms with E-state index in [0.717, 1.165) is 39.0 Å². The van der Waals surface area contributed by atoms with Gasteiger partial charge < -0.3 is 9.32 Å². The fourth-order valence-corrected chi connectivity index (χ4v) is 9.15. The highest BCUT2D eigenvalue weighted by molar-refractivity contribution is 7.26. The van der Waals surface area contributed by atoms with E-state index in [1.54, 1.807) is 0 Å². The van der Waals surface area contributed by atoms with Crippen molar-refractivity contribution in [1.82, 2.24) is 0 Å². The maximum Gasteiger partial charge on any atom is 0.135 e. The fraction of sp³-hybridized carbons (Fsp3) is 0. The quantitative estimate of drug-likeness (QED) is 0.201. The van der Waals surface area contributed by atoms with E-state index in [0.29, 0.717) is 0 Å². The molecule has 3 aromatic heterocycles. The first kappa shape index (κ1) is 24.3. The van der Waals surface area contributed by atoms with Crippen LogP contribution in [0.15, 0.2) is 144 Å². The summed E-state index contributed by atoms with van der Waals surface area (Å²) in [7, 11) is 0. The van der Waals surface area contributed by atoms with Crippen molar-refractivity contribution < 1.29 is 4.42 Å². The van der Waals surface area contributed by atoms with E-state index < -0.39 is 0 Å². The number of thiophene rings is 2. The first-order chi connectivity index (χ1) is 21.8. The van der Waals surface area contributed by atoms with Crippen molar-refractivity contribution in [3.63, 3.8) is 0 Å². The third-order valence-corrected chi connectivity index (χ3v) is 11.2. The summed E-state index contributed by atoms with van der Waals surface area (Å²) in [6.45, 7) is 0. The summed E-state index contributed by atoms with van der Waals surface area (Å²) in [6.07, 6.45) is 0. The van der Waals surface area contributed by atoms with Gasteiger partial charge in [0.25, 0.3) is 0 Å². The van der Waals surface area contributed by atoms with Crippen LogP contribution in [0.5, 0.6) is 0 Å². The van der Waals surface area contributed by atoms with E-state index in [9.17, 15) is 0 Å². The number of nitrogens with zero attached hydrogens (tertiary/aromatic N) is 1. The molecule has 0 aliphatic rings. The van der Waals surface area contributed by atoms with E-state index in [-0.39, 0.29) is 0 Å². The van der Waals surface area contributed by atoms with Crippen LogP contribution in [-0.4, -0.2) is 0 Å². The number of para-hydroxylation sites is 1. The highest BCUT2D eigenvalue weighted by Gasteiger charge is 2.18. The molecule has 206 valence electrons. The molecule has 0 bridgehead atoms. The molecule has 0 aliphatic heterocycles. The maximum atomic E-state index is 6.21. The van der Waals surface area contributed by atoms with Gasteiger partial charge in [-0.2, -0.15) is 0 Å². The van der Waals surface area contributed by atoms with E-state index in [1.165, 1.54) is 51.1 Å². The van der Waals surface area contributed by atoms with E-state index >= 15 is 0 Å². The maximum absolute atomic E-state index is 6.21. The number of hydrogen-bond donors (Lipinski definition) is 0. The Hall–Kier alpha value is -5.16. The number of anilines is 3. The summed E-state index contributed by atoms with van der Waals surface area (Å²) in [5.41, 5.74) is 5.19. The predicted octanol–water partition coefficient (Wildman–Crippen LogP) is 12.9. The number of fused-ring (bicyclic) bond motifs is 11. The molecule has 0 saturated carbocycles. The molecule has 10 rings (SSSR count). The summed E-state index contributed by atoms with van der Waals surface area (Å²) in [4.78, 5) is 2.40. The van der Waals surface area contributed by atoms with Gasteiger partial charge in [-0.3, -0.25) is 0 Å². The zero-order valence-corrected chi connectivity index (χ0v) is 25.1. The molecule has 0 aliphatic carbocycles. The Kier molecular flexibility index (Phi) is 5.06. The lowest BCUT2D eigenvalue weighted by Gasteiger charge is -2.26. The van der Waals surface area contributed by atoms with Crippen LogP contribution in [0.1, 0.15) is 0 Å². The van der Waals surface area contributed by atoms with Gasteiger partial charge in [0, 0.05) is 73.6 Å². The Bertz CT molecular complexity index is 2750. The molecule has 4 heteroatoms. The normalized spacial score (nSPS) is 12.1. The number of benzene rings is 7. The van der Waals surface area contributed by atoms with Crippen LogP contribution in [0.4, 0.5) is 17.1 Å². The zero-order valence-electron chi connectivity index (χ0n) is 23.5. The lowest BCUT2D eigenvalue weighted by molar-refractivity contribution is 0.669. The molecular weight excluding hydrogens is 575 g/mol. The van der Waals surface area contributed by atoms with Crippen molar-refractivity contribution >= 4 is 113 Å². The SMILES string of the molecule is c1ccc2c(c1)oc1ccc(N(c3ccc4c(c3)sc3ccccc34)c3ccc4ccc5c6ccccc6sc5c4c3)cc12. The van der Waals surface area contributed by atoms with Gasteiger partial charge in [-0.05, 0) is 66.0 Å². The summed E-state index contributed by atoms with van der Waals surface area (Å²) in [5, 5.41) is 10.1. The summed E-state index contributed by atoms with van der Waals surface area (Å²) in [5.74, 6) is 0. The monoisotopic (exact) mass is 597 g/mol. The van der Waals surface area contributed by atoms with Gasteiger partial charge in [-0.25, -0.2) is 0 Å². The molecule has 0 radical (unpaired) electrons. The molecule has 7 aromatic carbocycles. The molecule has 0 saturated heterocycles. The van der Waals surface area contributed by atoms with Gasteiger partial charge in [0.15, 0.2) is 0 Å². The topological polar surface area (TPSA) is 16.4 Å². The van der Waals surface area contributed by atoms with Gasteiger partial charge in [0.05, 0.1) is 0 Å². The molecule has 0 atom stereocenters. The van der Waals surface area contributed by atoms with Gasteiger partial charge in [0.2, 0.25) is 0 Å². The van der Waals surface area contributed by atoms with Crippen molar-refractivity contribution in [3.05, 3.63) is 140 Å². The highest BCUT2D eigenvalue weighted by atomic mass is 32.1. The third kappa shape index (κ3) is 3.53. The van der Waals surface area contributed by atoms with Crippen LogP contribution in [-0.2, 0) is 0 Å². The molecular formula is C40H23NOS2. The van der Waals surface area contributed by atoms with Crippen molar-refractivity contribution in [2.45, 2.75) is 0 Å². The zero-order chi connectivity index (χ0) is 28.8. The van der Waals surface area contributed by atoms with Crippen LogP contribution in [0.25, 0.3) is 73.1 Å². The molecule has 44 heavy (non-hydrogen) atoms. The molecule has 0 unspecified atom stereocenters. The lowest BCUT2D eigenvalue weighted by atomic mass is 10.0. The molecule has 0 amide bonds. The van der Waals surface area contributed by atoms with Gasteiger partial charge in [-0.15, -0.1) is 22.7 Å². The Morgan fingerprint density at radius 2 is 0.955 bits per heavy atom. The van der Waals surface area contributed by atoms with Crippen molar-refractivity contribution in [1.29, 1.82) is 0 Å². The predicted molar refractivity (Wildman–Crippen MR) is 192 cm³/mol. The van der Waals surface area contributed by atoms with Crippen molar-refractivity contribution in [3.8, 4) is 0 Å². The lowest BCUT2D eigenvalue weighted by Crippen LogP contribution is -2.09. The van der Waals surface area contributed by atoms with E-state index in [1.807, 2.05) is 34.8 Å². The first-order valence-corrected chi connectivity index (χ1v) is 16.4. The van der Waals surface area contributed by atoms with E-state index in [2.05, 4.69) is 132 Å². The third-order valence-electron chi connectivity index (χ3n) is 8.84. The van der Waals surface area contributed by atoms with Crippen LogP contribution in [0.3, 0.4) is 0 Å². The Labute approximate surface area is 260 Å². The number of rotatable bonds is 3. The van der Waals surface area contributed by atoms with E-state index in [4.69, 9.17) is 4.42 Å². The molecule has 2 nitrogen and oxygen atoms in total. The minimum atomic E-state index is 0.903. The van der Waals surface area contributed by atoms with Gasteiger partial charge >= 0.3 is 0 Å². The second kappa shape index (κ2) is 9.17. The van der Waals surface area contributed by atoms with Crippen LogP contribution in [0, 0.1) is 0 Å². The summed E-state index contributed by atoms with van der Waals surface area (Å²) in [6, 6.07) is 50.6. The van der Waals surface area contributed by atoms with Crippen molar-refractivity contribution in [2.24, 2.45) is 0 Å². The molecule has 10 aromatic rings. The minimum absolute atomic E-state index is 0.903. The van der Waals surface area contributed by atoms with Crippen LogP contribution < -0.4 is 4.90 Å². The minimum Gasteiger partial charge on any atom is -0.456 e. The molecule has 3 heterocycles. The average Bonchev–Trinajstić information content (AvgIpc) is 3.76. The Morgan fingerprint density at radius 1 is 0.386 bits per heavy atom. The van der Waals surface area contributed by atoms with Crippen molar-refractivity contribution in [2.75, 3.05) is 4.90 Å². The summed E-state index contributed by atoms with van der Waals surface area (Å²) >= 11 is 3.74. The van der Waals surface area contributed by atoms with Gasteiger partial charge in [-0.1, -0.05) is 78.9 Å². The summed E-state index contributed by atoms with van der Waals surface area (Å²) < 4.78 is 11.5. The van der Waals surface area contributed by atoms with Crippen LogP contribution >= 0.6 is 22.7 Å². The molecule has 0 spiro atoms. The second-order valence-electron chi connectivity index (χ2n) is 11.3. The molecule has 0 N–H and O–H groups in total. The Balaban J connectivity index is 1.24. The molecule has 0 fully saturated rings. The standard InChI is InChI=1S/C40H23NOS2/c1-4-10-35-28(7-1)34-22-26(17-20-36(34)42-35)41(27-16-19-31-29-8-2-5-11-37(29)43-39(31)23-27)25-15-13-24-14-18-32-30-9-3-6-12-38(30)44-40(32)33(24)21-25/h1-23H. The number of furan rings is 1. The largest absolute Gasteiger partial charge is 0.456 e. The number of hydrogen-bond acceptors (Lipinski definition) is 4. The second-order valence-corrected chi connectivity index (χ2v) is 13.5. The smallest absolute Gasteiger partial charge is 0.135 e. The first-order valence-electron chi connectivity index (χ1n) is 14.8. The Morgan fingerprint density at radius 3 is 1.82 bits per heavy atom. The fourth-order valence-electron chi connectivity index (χ4n) is 6.78. The van der Waals surface area contributed by atoms with Crippen LogP contribution in [0.2, 0.25) is 0 Å². The van der Waals surface area contributed by atoms with Gasteiger partial charge in [0.1, 0.15) is 11.2 Å². The highest BCUT2D eigenvalue weighted by Crippen LogP contribution is 2.44. The average molecular weight is 598 g/mol.